The number of nitro groups is 1. The summed E-state index contributed by atoms with van der Waals surface area (Å²) in [5, 5.41) is 22.2. The summed E-state index contributed by atoms with van der Waals surface area (Å²) in [4.78, 5) is 67.0. The van der Waals surface area contributed by atoms with Crippen LogP contribution >= 0.6 is 23.5 Å². The predicted molar refractivity (Wildman–Crippen MR) is 155 cm³/mol. The minimum atomic E-state index is -5.76. The number of hydrogen-bond donors (Lipinski definition) is 7. The van der Waals surface area contributed by atoms with Crippen LogP contribution in [-0.4, -0.2) is 63.0 Å². The number of nitrogen functional groups attached to an aromatic ring is 1. The normalized spacial score (nSPS) is 22.1. The van der Waals surface area contributed by atoms with Gasteiger partial charge in [0.2, 0.25) is 5.95 Å². The summed E-state index contributed by atoms with van der Waals surface area (Å²) in [6.07, 6.45) is -3.33. The molecule has 0 radical (unpaired) electrons. The van der Waals surface area contributed by atoms with Crippen LogP contribution in [0.25, 0.3) is 11.0 Å². The van der Waals surface area contributed by atoms with E-state index in [0.717, 1.165) is 0 Å². The molecule has 8 N–H and O–H groups in total. The van der Waals surface area contributed by atoms with Crippen LogP contribution in [0.5, 0.6) is 0 Å². The lowest BCUT2D eigenvalue weighted by Gasteiger charge is -2.21. The second-order valence-electron chi connectivity index (χ2n) is 10.3. The summed E-state index contributed by atoms with van der Waals surface area (Å²) in [7, 11) is -16.9. The fourth-order valence-electron chi connectivity index (χ4n) is 4.80. The minimum absolute atomic E-state index is 0.0115. The summed E-state index contributed by atoms with van der Waals surface area (Å²) in [5.74, 6) is -0.489. The van der Waals surface area contributed by atoms with Crippen LogP contribution in [0.4, 0.5) is 11.6 Å². The molecule has 0 aliphatic carbocycles. The summed E-state index contributed by atoms with van der Waals surface area (Å²) in [6, 6.07) is 6.07. The molecule has 1 aromatic carbocycles. The summed E-state index contributed by atoms with van der Waals surface area (Å²) < 4.78 is 59.6. The van der Waals surface area contributed by atoms with Gasteiger partial charge in [-0.05, 0) is 12.0 Å². The topological polar surface area (TPSA) is 318 Å². The van der Waals surface area contributed by atoms with E-state index in [1.165, 1.54) is 22.9 Å². The van der Waals surface area contributed by atoms with Gasteiger partial charge < -0.3 is 44.5 Å². The van der Waals surface area contributed by atoms with Crippen molar-refractivity contribution in [3.05, 3.63) is 62.1 Å². The van der Waals surface area contributed by atoms with Crippen LogP contribution in [0.15, 0.2) is 35.3 Å². The van der Waals surface area contributed by atoms with Crippen molar-refractivity contribution in [3.63, 3.8) is 0 Å². The number of nitrogens with one attached hydrogen (secondary N) is 1. The van der Waals surface area contributed by atoms with Gasteiger partial charge >= 0.3 is 23.5 Å². The van der Waals surface area contributed by atoms with Crippen molar-refractivity contribution in [2.24, 2.45) is 5.92 Å². The Labute approximate surface area is 258 Å². The molecular weight excluding hydrogens is 683 g/mol. The number of phosphoric acid groups is 3. The largest absolute Gasteiger partial charge is 0.490 e. The zero-order chi connectivity index (χ0) is 34.2. The Kier molecular flexibility index (Phi) is 10.7. The fourth-order valence-corrected chi connectivity index (χ4v) is 7.83. The number of aliphatic hydroxyl groups excluding tert-OH is 1. The Morgan fingerprint density at radius 3 is 2.48 bits per heavy atom. The Balaban J connectivity index is 1.56. The first-order chi connectivity index (χ1) is 21.3. The second-order valence-corrected chi connectivity index (χ2v) is 14.7. The molecule has 254 valence electrons. The molecule has 0 amide bonds. The highest BCUT2D eigenvalue weighted by atomic mass is 31.3. The first-order valence-corrected chi connectivity index (χ1v) is 17.6. The lowest BCUT2D eigenvalue weighted by molar-refractivity contribution is -0.386. The quantitative estimate of drug-likeness (QED) is 0.0714. The standard InChI is InChI=1S/C22H30N5O16P3/c1-11(2)19(13-5-3-4-6-14(13)27(30)31)39-9-12-8-26(20-18(12)21(29)25-22(23)24-20)17-7-15(28)16(41-17)10-40-45(35,36)43-46(37,38)42-44(32,33)34/h3-6,8,11,15-17,19,28H,7,9-10H2,1-2H3,(H,35,36)(H,37,38)(H2,32,33,34)(H3,23,24,25,29)/t15?,16-,17-,19+/m1/s1. The maximum atomic E-state index is 13.0. The van der Waals surface area contributed by atoms with Gasteiger partial charge in [0.25, 0.3) is 11.2 Å². The molecule has 6 atom stereocenters. The van der Waals surface area contributed by atoms with Crippen molar-refractivity contribution in [1.29, 1.82) is 0 Å². The average molecular weight is 713 g/mol. The first kappa shape index (κ1) is 36.0. The number of para-hydroxylation sites is 1. The van der Waals surface area contributed by atoms with E-state index in [9.17, 15) is 43.5 Å². The van der Waals surface area contributed by atoms with Crippen LogP contribution in [0, 0.1) is 16.0 Å². The van der Waals surface area contributed by atoms with E-state index in [4.69, 9.17) is 25.0 Å². The van der Waals surface area contributed by atoms with Gasteiger partial charge in [-0.25, -0.2) is 13.7 Å². The average Bonchev–Trinajstić information content (AvgIpc) is 3.45. The van der Waals surface area contributed by atoms with Crippen LogP contribution in [0.1, 0.15) is 43.7 Å². The smallest absolute Gasteiger partial charge is 0.390 e. The van der Waals surface area contributed by atoms with Crippen molar-refractivity contribution in [2.45, 2.75) is 51.4 Å². The van der Waals surface area contributed by atoms with E-state index in [0.29, 0.717) is 5.56 Å². The Morgan fingerprint density at radius 2 is 1.85 bits per heavy atom. The number of benzene rings is 1. The SMILES string of the molecule is CC(C)[C@H](OCc1cn([C@H]2CC(O)[C@@H](COP(=O)(O)OP(=O)(O)OP(=O)(O)O)O2)c2nc(N)[nH]c(=O)c12)c1ccccc1[N+](=O)[O-]. The van der Waals surface area contributed by atoms with Crippen molar-refractivity contribution in [1.82, 2.24) is 14.5 Å². The van der Waals surface area contributed by atoms with Crippen molar-refractivity contribution >= 4 is 46.1 Å². The number of nitrogens with zero attached hydrogens (tertiary/aromatic N) is 3. The highest BCUT2D eigenvalue weighted by Crippen LogP contribution is 2.66. The number of nitro benzene ring substituents is 1. The number of ether oxygens (including phenoxy) is 2. The molecule has 2 aromatic heterocycles. The molecule has 1 saturated heterocycles. The molecule has 1 fully saturated rings. The van der Waals surface area contributed by atoms with Crippen LogP contribution in [-0.2, 0) is 42.9 Å². The fraction of sp³-hybridized carbons (Fsp3) is 0.455. The van der Waals surface area contributed by atoms with Gasteiger partial charge in [0.05, 0.1) is 41.3 Å². The summed E-state index contributed by atoms with van der Waals surface area (Å²) in [6.45, 7) is 2.46. The van der Waals surface area contributed by atoms with E-state index in [1.807, 2.05) is 0 Å². The lowest BCUT2D eigenvalue weighted by atomic mass is 9.97. The minimum Gasteiger partial charge on any atom is -0.390 e. The molecule has 1 aliphatic heterocycles. The third-order valence-corrected chi connectivity index (χ3v) is 10.4. The molecule has 21 nitrogen and oxygen atoms in total. The number of phosphoric ester groups is 1. The number of aromatic nitrogens is 3. The molecule has 0 saturated carbocycles. The van der Waals surface area contributed by atoms with Crippen molar-refractivity contribution in [3.8, 4) is 0 Å². The predicted octanol–water partition coefficient (Wildman–Crippen LogP) is 2.12. The summed E-state index contributed by atoms with van der Waals surface area (Å²) in [5.41, 5.74) is 5.59. The van der Waals surface area contributed by atoms with Gasteiger partial charge in [-0.15, -0.1) is 0 Å². The van der Waals surface area contributed by atoms with Gasteiger partial charge in [0, 0.05) is 24.2 Å². The number of rotatable bonds is 14. The van der Waals surface area contributed by atoms with E-state index < -0.39 is 65.1 Å². The van der Waals surface area contributed by atoms with Crippen molar-refractivity contribution in [2.75, 3.05) is 12.3 Å². The van der Waals surface area contributed by atoms with Gasteiger partial charge in [-0.3, -0.25) is 24.4 Å². The van der Waals surface area contributed by atoms with E-state index in [2.05, 4.69) is 23.1 Å². The maximum Gasteiger partial charge on any atom is 0.490 e. The number of H-pyrrole nitrogens is 1. The van der Waals surface area contributed by atoms with Gasteiger partial charge in [0.1, 0.15) is 12.3 Å². The number of anilines is 1. The summed E-state index contributed by atoms with van der Waals surface area (Å²) >= 11 is 0. The van der Waals surface area contributed by atoms with E-state index >= 15 is 0 Å². The van der Waals surface area contributed by atoms with Gasteiger partial charge in [0.15, 0.2) is 5.65 Å². The third-order valence-electron chi connectivity index (χ3n) is 6.58. The monoisotopic (exact) mass is 713 g/mol. The molecule has 46 heavy (non-hydrogen) atoms. The lowest BCUT2D eigenvalue weighted by Crippen LogP contribution is -2.26. The zero-order valence-electron chi connectivity index (χ0n) is 23.9. The maximum absolute atomic E-state index is 13.0. The van der Waals surface area contributed by atoms with Crippen molar-refractivity contribution < 1.29 is 65.9 Å². The molecule has 3 unspecified atom stereocenters. The molecule has 1 aliphatic rings. The number of aliphatic hydroxyl groups is 1. The third kappa shape index (κ3) is 8.72. The Morgan fingerprint density at radius 1 is 1.17 bits per heavy atom. The Bertz CT molecular complexity index is 1810. The molecule has 24 heteroatoms. The molecule has 3 aromatic rings. The number of aromatic amines is 1. The molecule has 0 spiro atoms. The number of fused-ring (bicyclic) bond motifs is 1. The van der Waals surface area contributed by atoms with Crippen LogP contribution < -0.4 is 11.3 Å². The van der Waals surface area contributed by atoms with Crippen LogP contribution in [0.3, 0.4) is 0 Å². The van der Waals surface area contributed by atoms with Crippen LogP contribution in [0.2, 0.25) is 0 Å². The number of hydrogen-bond acceptors (Lipinski definition) is 14. The second kappa shape index (κ2) is 13.7. The Hall–Kier alpha value is -2.87. The molecule has 4 rings (SSSR count). The molecular formula is C22H30N5O16P3. The highest BCUT2D eigenvalue weighted by Gasteiger charge is 2.43. The molecule has 3 heterocycles. The molecule has 0 bridgehead atoms. The zero-order valence-corrected chi connectivity index (χ0v) is 26.6. The van der Waals surface area contributed by atoms with Gasteiger partial charge in [-0.2, -0.15) is 13.6 Å². The number of nitrogens with two attached hydrogens (primary N) is 1. The highest BCUT2D eigenvalue weighted by molar-refractivity contribution is 7.66. The van der Waals surface area contributed by atoms with E-state index in [-0.39, 0.29) is 47.2 Å². The van der Waals surface area contributed by atoms with E-state index in [1.54, 1.807) is 26.0 Å². The van der Waals surface area contributed by atoms with Gasteiger partial charge in [-0.1, -0.05) is 26.0 Å². The first-order valence-electron chi connectivity index (χ1n) is 13.1.